The Bertz CT molecular complexity index is 1020. The fourth-order valence-corrected chi connectivity index (χ4v) is 4.22. The van der Waals surface area contributed by atoms with Gasteiger partial charge in [-0.25, -0.2) is 0 Å². The van der Waals surface area contributed by atoms with E-state index in [0.29, 0.717) is 28.1 Å². The monoisotopic (exact) mass is 506 g/mol. The maximum absolute atomic E-state index is 13.0. The van der Waals surface area contributed by atoms with Crippen molar-refractivity contribution >= 4 is 45.0 Å². The number of carbonyl (C=O) groups is 2. The summed E-state index contributed by atoms with van der Waals surface area (Å²) in [7, 11) is 0. The number of nitrogens with zero attached hydrogens (tertiary/aromatic N) is 2. The van der Waals surface area contributed by atoms with E-state index in [0.717, 1.165) is 13.1 Å². The lowest BCUT2D eigenvalue weighted by Crippen LogP contribution is -2.38. The van der Waals surface area contributed by atoms with Gasteiger partial charge in [-0.2, -0.15) is 0 Å². The van der Waals surface area contributed by atoms with Gasteiger partial charge in [0, 0.05) is 22.6 Å². The molecule has 2 N–H and O–H groups in total. The van der Waals surface area contributed by atoms with E-state index < -0.39 is 23.5 Å². The zero-order valence-corrected chi connectivity index (χ0v) is 19.7. The number of likely N-dealkylation sites (tertiary alicyclic amines) is 1. The normalized spacial score (nSPS) is 18.2. The number of ketones is 1. The third-order valence-electron chi connectivity index (χ3n) is 5.49. The number of carbonyl (C=O) groups excluding carboxylic acids is 2. The van der Waals surface area contributed by atoms with Crippen molar-refractivity contribution in [2.45, 2.75) is 19.9 Å². The maximum atomic E-state index is 13.0. The minimum atomic E-state index is -0.786. The minimum Gasteiger partial charge on any atom is -0.507 e. The molecule has 1 atom stereocenters. The quantitative estimate of drug-likeness (QED) is 0.326. The van der Waals surface area contributed by atoms with Crippen molar-refractivity contribution in [1.29, 1.82) is 0 Å². The van der Waals surface area contributed by atoms with Gasteiger partial charge in [0.2, 0.25) is 0 Å². The Morgan fingerprint density at radius 3 is 2.39 bits per heavy atom. The van der Waals surface area contributed by atoms with Crippen molar-refractivity contribution in [3.63, 3.8) is 0 Å². The predicted molar refractivity (Wildman–Crippen MR) is 124 cm³/mol. The number of hydrogen-bond acceptors (Lipinski definition) is 5. The van der Waals surface area contributed by atoms with Crippen LogP contribution in [0.4, 0.5) is 0 Å². The highest BCUT2D eigenvalue weighted by Gasteiger charge is 2.46. The van der Waals surface area contributed by atoms with Crippen molar-refractivity contribution in [3.8, 4) is 5.75 Å². The van der Waals surface area contributed by atoms with Gasteiger partial charge in [-0.1, -0.05) is 53.5 Å². The fraction of sp³-hybridized carbons (Fsp3) is 0.304. The van der Waals surface area contributed by atoms with Crippen LogP contribution in [0.3, 0.4) is 0 Å². The molecule has 0 spiro atoms. The lowest BCUT2D eigenvalue weighted by atomic mass is 9.95. The van der Waals surface area contributed by atoms with E-state index in [4.69, 9.17) is 11.6 Å². The van der Waals surface area contributed by atoms with Crippen LogP contribution in [0.2, 0.25) is 5.02 Å². The highest BCUT2D eigenvalue weighted by Crippen LogP contribution is 2.41. The first-order valence-corrected chi connectivity index (χ1v) is 11.2. The summed E-state index contributed by atoms with van der Waals surface area (Å²) < 4.78 is 0.616. The molecule has 1 unspecified atom stereocenters. The molecular weight excluding hydrogens is 484 g/mol. The molecule has 0 radical (unpaired) electrons. The van der Waals surface area contributed by atoms with Gasteiger partial charge in [0.15, 0.2) is 0 Å². The first-order chi connectivity index (χ1) is 14.8. The molecule has 0 aromatic heterocycles. The Balaban J connectivity index is 2.13. The first kappa shape index (κ1) is 23.3. The number of amides is 1. The number of aliphatic hydroxyl groups is 1. The Morgan fingerprint density at radius 1 is 1.13 bits per heavy atom. The highest BCUT2D eigenvalue weighted by molar-refractivity contribution is 9.10. The van der Waals surface area contributed by atoms with E-state index >= 15 is 0 Å². The van der Waals surface area contributed by atoms with Gasteiger partial charge >= 0.3 is 0 Å². The highest BCUT2D eigenvalue weighted by atomic mass is 79.9. The van der Waals surface area contributed by atoms with Crippen LogP contribution in [0.25, 0.3) is 5.76 Å². The lowest BCUT2D eigenvalue weighted by Gasteiger charge is -2.28. The number of rotatable bonds is 7. The molecule has 1 heterocycles. The Labute approximate surface area is 194 Å². The summed E-state index contributed by atoms with van der Waals surface area (Å²) in [6.07, 6.45) is 0. The van der Waals surface area contributed by atoms with Crippen LogP contribution in [0, 0.1) is 0 Å². The molecule has 1 fully saturated rings. The third-order valence-corrected chi connectivity index (χ3v) is 6.24. The number of likely N-dealkylation sites (N-methyl/N-ethyl adjacent to an activating group) is 1. The standard InChI is InChI=1S/C23H24BrClN2O4/c1-3-26(4-2)11-12-27-20(14-5-8-16(25)9-6-14)19(22(30)23(27)31)21(29)17-13-15(24)7-10-18(17)28/h5-10,13,20,28-29H,3-4,11-12H2,1-2H3. The van der Waals surface area contributed by atoms with Gasteiger partial charge in [-0.05, 0) is 49.0 Å². The molecule has 2 aromatic carbocycles. The number of aliphatic hydroxyl groups excluding tert-OH is 1. The van der Waals surface area contributed by atoms with Crippen molar-refractivity contribution < 1.29 is 19.8 Å². The van der Waals surface area contributed by atoms with Crippen molar-refractivity contribution in [3.05, 3.63) is 68.7 Å². The van der Waals surface area contributed by atoms with Crippen molar-refractivity contribution in [2.24, 2.45) is 0 Å². The van der Waals surface area contributed by atoms with Gasteiger partial charge in [-0.3, -0.25) is 9.59 Å². The molecule has 3 rings (SSSR count). The number of halogens is 2. The van der Waals surface area contributed by atoms with E-state index in [2.05, 4.69) is 20.8 Å². The van der Waals surface area contributed by atoms with Crippen LogP contribution < -0.4 is 0 Å². The molecule has 0 aliphatic carbocycles. The zero-order valence-electron chi connectivity index (χ0n) is 17.3. The largest absolute Gasteiger partial charge is 0.507 e. The molecule has 8 heteroatoms. The fourth-order valence-electron chi connectivity index (χ4n) is 3.73. The molecule has 0 saturated carbocycles. The summed E-state index contributed by atoms with van der Waals surface area (Å²) in [5.41, 5.74) is 0.675. The molecule has 6 nitrogen and oxygen atoms in total. The van der Waals surface area contributed by atoms with Gasteiger partial charge in [-0.15, -0.1) is 0 Å². The topological polar surface area (TPSA) is 81.1 Å². The van der Waals surface area contributed by atoms with E-state index in [-0.39, 0.29) is 16.9 Å². The summed E-state index contributed by atoms with van der Waals surface area (Å²) in [6, 6.07) is 10.6. The molecule has 164 valence electrons. The van der Waals surface area contributed by atoms with Crippen molar-refractivity contribution in [1.82, 2.24) is 9.80 Å². The molecule has 31 heavy (non-hydrogen) atoms. The minimum absolute atomic E-state index is 0.0553. The number of aromatic hydroxyl groups is 1. The predicted octanol–water partition coefficient (Wildman–Crippen LogP) is 4.57. The lowest BCUT2D eigenvalue weighted by molar-refractivity contribution is -0.140. The van der Waals surface area contributed by atoms with Crippen LogP contribution in [0.1, 0.15) is 31.0 Å². The van der Waals surface area contributed by atoms with Gasteiger partial charge in [0.1, 0.15) is 11.5 Å². The van der Waals surface area contributed by atoms with Gasteiger partial charge < -0.3 is 20.0 Å². The van der Waals surface area contributed by atoms with Gasteiger partial charge in [0.25, 0.3) is 11.7 Å². The summed E-state index contributed by atoms with van der Waals surface area (Å²) in [5, 5.41) is 21.8. The van der Waals surface area contributed by atoms with Crippen LogP contribution in [0.15, 0.2) is 52.5 Å². The zero-order chi connectivity index (χ0) is 22.7. The van der Waals surface area contributed by atoms with Crippen LogP contribution in [-0.2, 0) is 9.59 Å². The number of phenolic OH excluding ortho intramolecular Hbond substituents is 1. The second kappa shape index (κ2) is 9.85. The van der Waals surface area contributed by atoms with E-state index in [1.165, 1.54) is 17.0 Å². The second-order valence-corrected chi connectivity index (χ2v) is 8.58. The SMILES string of the molecule is CCN(CC)CCN1C(=O)C(=O)C(=C(O)c2cc(Br)ccc2O)C1c1ccc(Cl)cc1. The van der Waals surface area contributed by atoms with E-state index in [1.807, 2.05) is 13.8 Å². The van der Waals surface area contributed by atoms with Crippen LogP contribution >= 0.6 is 27.5 Å². The number of benzene rings is 2. The summed E-state index contributed by atoms with van der Waals surface area (Å²) >= 11 is 9.34. The van der Waals surface area contributed by atoms with E-state index in [9.17, 15) is 19.8 Å². The Kier molecular flexibility index (Phi) is 7.41. The Morgan fingerprint density at radius 2 is 1.77 bits per heavy atom. The molecular formula is C23H24BrClN2O4. The smallest absolute Gasteiger partial charge is 0.295 e. The first-order valence-electron chi connectivity index (χ1n) is 10.0. The average Bonchev–Trinajstić information content (AvgIpc) is 3.01. The maximum Gasteiger partial charge on any atom is 0.295 e. The molecule has 1 saturated heterocycles. The summed E-state index contributed by atoms with van der Waals surface area (Å²) in [6.45, 7) is 6.61. The molecule has 1 amide bonds. The molecule has 1 aliphatic rings. The molecule has 0 bridgehead atoms. The Hall–Kier alpha value is -2.35. The van der Waals surface area contributed by atoms with Crippen LogP contribution in [0.5, 0.6) is 5.75 Å². The van der Waals surface area contributed by atoms with E-state index in [1.54, 1.807) is 30.3 Å². The number of Topliss-reactive ketones (excluding diaryl/α,β-unsaturated/α-hetero) is 1. The summed E-state index contributed by atoms with van der Waals surface area (Å²) in [5.74, 6) is -2.06. The summed E-state index contributed by atoms with van der Waals surface area (Å²) in [4.78, 5) is 29.6. The third kappa shape index (κ3) is 4.79. The number of phenols is 1. The van der Waals surface area contributed by atoms with Crippen molar-refractivity contribution in [2.75, 3.05) is 26.2 Å². The van der Waals surface area contributed by atoms with Gasteiger partial charge in [0.05, 0.1) is 17.2 Å². The molecule has 2 aromatic rings. The second-order valence-electron chi connectivity index (χ2n) is 7.23. The number of hydrogen-bond donors (Lipinski definition) is 2. The molecule has 1 aliphatic heterocycles. The van der Waals surface area contributed by atoms with Crippen LogP contribution in [-0.4, -0.2) is 57.9 Å². The average molecular weight is 508 g/mol.